The number of rotatable bonds is 4. The van der Waals surface area contributed by atoms with Crippen molar-refractivity contribution in [3.05, 3.63) is 58.6 Å². The van der Waals surface area contributed by atoms with Crippen LogP contribution in [0.25, 0.3) is 0 Å². The Morgan fingerprint density at radius 3 is 2.54 bits per heavy atom. The summed E-state index contributed by atoms with van der Waals surface area (Å²) in [5.74, 6) is 1.82. The lowest BCUT2D eigenvalue weighted by molar-refractivity contribution is 0.345. The fraction of sp³-hybridized carbons (Fsp3) is 0.278. The predicted molar refractivity (Wildman–Crippen MR) is 95.9 cm³/mol. The standard InChI is InChI=1S/C18H20ClN3O2/c1-23-16-5-3-4-13(17(16)24-2)15-10-14(21-18(20)22-15)11-6-8-12(19)9-7-11/h3-9,14-15H,10H2,1-2H3,(H3,20,21,22). The molecule has 2 unspecified atom stereocenters. The average Bonchev–Trinajstić information content (AvgIpc) is 2.61. The number of halogens is 1. The number of para-hydroxylation sites is 1. The first-order valence-corrected chi connectivity index (χ1v) is 8.06. The minimum atomic E-state index is -0.0376. The van der Waals surface area contributed by atoms with Gasteiger partial charge in [-0.05, 0) is 30.2 Å². The van der Waals surface area contributed by atoms with Gasteiger partial charge in [-0.2, -0.15) is 0 Å². The second kappa shape index (κ2) is 7.01. The van der Waals surface area contributed by atoms with Gasteiger partial charge in [0.25, 0.3) is 0 Å². The number of nitrogens with two attached hydrogens (primary N) is 1. The molecule has 3 N–H and O–H groups in total. The number of ether oxygens (including phenoxy) is 2. The first kappa shape index (κ1) is 16.5. The number of nitrogens with zero attached hydrogens (tertiary/aromatic N) is 1. The number of benzene rings is 2. The molecule has 3 rings (SSSR count). The van der Waals surface area contributed by atoms with E-state index in [2.05, 4.69) is 10.3 Å². The van der Waals surface area contributed by atoms with Gasteiger partial charge < -0.3 is 20.5 Å². The van der Waals surface area contributed by atoms with Gasteiger partial charge in [0.1, 0.15) is 0 Å². The molecule has 0 spiro atoms. The van der Waals surface area contributed by atoms with E-state index in [4.69, 9.17) is 26.8 Å². The quantitative estimate of drug-likeness (QED) is 0.890. The van der Waals surface area contributed by atoms with E-state index in [1.807, 2.05) is 42.5 Å². The molecule has 24 heavy (non-hydrogen) atoms. The van der Waals surface area contributed by atoms with Crippen molar-refractivity contribution in [1.29, 1.82) is 0 Å². The number of nitrogens with one attached hydrogen (secondary N) is 1. The Bertz CT molecular complexity index is 746. The highest BCUT2D eigenvalue weighted by atomic mass is 35.5. The van der Waals surface area contributed by atoms with Crippen molar-refractivity contribution in [2.45, 2.75) is 18.5 Å². The van der Waals surface area contributed by atoms with Gasteiger partial charge in [-0.25, -0.2) is 4.99 Å². The van der Waals surface area contributed by atoms with Crippen molar-refractivity contribution in [1.82, 2.24) is 5.32 Å². The molecular weight excluding hydrogens is 326 g/mol. The summed E-state index contributed by atoms with van der Waals surface area (Å²) in [4.78, 5) is 4.52. The summed E-state index contributed by atoms with van der Waals surface area (Å²) in [7, 11) is 3.26. The SMILES string of the molecule is COc1cccc(C2CC(c3ccc(Cl)cc3)N=C(N)N2)c1OC. The molecule has 0 aromatic heterocycles. The van der Waals surface area contributed by atoms with Crippen LogP contribution in [0.4, 0.5) is 0 Å². The minimum absolute atomic E-state index is 0.0202. The topological polar surface area (TPSA) is 68.9 Å². The highest BCUT2D eigenvalue weighted by Crippen LogP contribution is 2.40. The van der Waals surface area contributed by atoms with Gasteiger partial charge in [0.15, 0.2) is 17.5 Å². The van der Waals surface area contributed by atoms with Gasteiger partial charge in [0.2, 0.25) is 0 Å². The summed E-state index contributed by atoms with van der Waals surface area (Å²) in [5, 5.41) is 3.94. The van der Waals surface area contributed by atoms with E-state index in [-0.39, 0.29) is 12.1 Å². The van der Waals surface area contributed by atoms with Crippen LogP contribution in [0.5, 0.6) is 11.5 Å². The summed E-state index contributed by atoms with van der Waals surface area (Å²) in [6.07, 6.45) is 0.756. The zero-order chi connectivity index (χ0) is 17.1. The van der Waals surface area contributed by atoms with Crippen molar-refractivity contribution < 1.29 is 9.47 Å². The number of hydrogen-bond donors (Lipinski definition) is 2. The van der Waals surface area contributed by atoms with Crippen molar-refractivity contribution in [3.8, 4) is 11.5 Å². The van der Waals surface area contributed by atoms with E-state index in [1.165, 1.54) is 0 Å². The van der Waals surface area contributed by atoms with Crippen LogP contribution in [0.3, 0.4) is 0 Å². The van der Waals surface area contributed by atoms with Gasteiger partial charge in [0.05, 0.1) is 26.3 Å². The first-order chi connectivity index (χ1) is 11.6. The highest BCUT2D eigenvalue weighted by Gasteiger charge is 2.27. The Kier molecular flexibility index (Phi) is 4.81. The summed E-state index contributed by atoms with van der Waals surface area (Å²) >= 11 is 5.97. The van der Waals surface area contributed by atoms with Crippen LogP contribution in [0.2, 0.25) is 5.02 Å². The second-order valence-corrected chi connectivity index (χ2v) is 6.03. The molecule has 0 saturated carbocycles. The molecule has 0 bridgehead atoms. The molecular formula is C18H20ClN3O2. The average molecular weight is 346 g/mol. The Labute approximate surface area is 146 Å². The van der Waals surface area contributed by atoms with Gasteiger partial charge in [-0.15, -0.1) is 0 Å². The Balaban J connectivity index is 1.93. The van der Waals surface area contributed by atoms with E-state index in [1.54, 1.807) is 14.2 Å². The van der Waals surface area contributed by atoms with Crippen molar-refractivity contribution >= 4 is 17.6 Å². The number of hydrogen-bond acceptors (Lipinski definition) is 5. The smallest absolute Gasteiger partial charge is 0.189 e. The molecule has 0 radical (unpaired) electrons. The molecule has 2 aromatic carbocycles. The lowest BCUT2D eigenvalue weighted by atomic mass is 9.93. The van der Waals surface area contributed by atoms with Crippen molar-refractivity contribution in [2.75, 3.05) is 14.2 Å². The summed E-state index contributed by atoms with van der Waals surface area (Å²) in [6, 6.07) is 13.5. The molecule has 1 aliphatic rings. The maximum atomic E-state index is 6.02. The third kappa shape index (κ3) is 3.26. The zero-order valence-electron chi connectivity index (χ0n) is 13.6. The summed E-state index contributed by atoms with van der Waals surface area (Å²) in [6.45, 7) is 0. The van der Waals surface area contributed by atoms with Crippen molar-refractivity contribution in [2.24, 2.45) is 10.7 Å². The number of methoxy groups -OCH3 is 2. The number of guanidine groups is 1. The Morgan fingerprint density at radius 2 is 1.88 bits per heavy atom. The summed E-state index contributed by atoms with van der Waals surface area (Å²) < 4.78 is 10.9. The van der Waals surface area contributed by atoms with Gasteiger partial charge in [-0.3, -0.25) is 0 Å². The molecule has 1 aliphatic heterocycles. The normalized spacial score (nSPS) is 20.0. The van der Waals surface area contributed by atoms with Gasteiger partial charge in [0, 0.05) is 10.6 Å². The van der Waals surface area contributed by atoms with E-state index in [0.717, 1.165) is 17.5 Å². The molecule has 1 heterocycles. The fourth-order valence-electron chi connectivity index (χ4n) is 3.01. The van der Waals surface area contributed by atoms with Crippen LogP contribution >= 0.6 is 11.6 Å². The van der Waals surface area contributed by atoms with Crippen LogP contribution < -0.4 is 20.5 Å². The number of aliphatic imine (C=N–C) groups is 1. The minimum Gasteiger partial charge on any atom is -0.493 e. The molecule has 0 fully saturated rings. The van der Waals surface area contributed by atoms with Crippen LogP contribution in [0.15, 0.2) is 47.5 Å². The van der Waals surface area contributed by atoms with E-state index in [9.17, 15) is 0 Å². The Morgan fingerprint density at radius 1 is 1.12 bits per heavy atom. The van der Waals surface area contributed by atoms with E-state index >= 15 is 0 Å². The van der Waals surface area contributed by atoms with Gasteiger partial charge in [-0.1, -0.05) is 35.9 Å². The van der Waals surface area contributed by atoms with Crippen molar-refractivity contribution in [3.63, 3.8) is 0 Å². The lowest BCUT2D eigenvalue weighted by Gasteiger charge is -2.30. The predicted octanol–water partition coefficient (Wildman–Crippen LogP) is 3.45. The summed E-state index contributed by atoms with van der Waals surface area (Å²) in [5.41, 5.74) is 8.10. The van der Waals surface area contributed by atoms with E-state index < -0.39 is 0 Å². The first-order valence-electron chi connectivity index (χ1n) is 7.68. The lowest BCUT2D eigenvalue weighted by Crippen LogP contribution is -2.39. The molecule has 5 nitrogen and oxygen atoms in total. The zero-order valence-corrected chi connectivity index (χ0v) is 14.4. The molecule has 0 aliphatic carbocycles. The van der Waals surface area contributed by atoms with Crippen LogP contribution in [0.1, 0.15) is 29.6 Å². The largest absolute Gasteiger partial charge is 0.493 e. The Hall–Kier alpha value is -2.40. The molecule has 2 atom stereocenters. The molecule has 0 saturated heterocycles. The van der Waals surface area contributed by atoms with Gasteiger partial charge >= 0.3 is 0 Å². The van der Waals surface area contributed by atoms with Crippen LogP contribution in [0, 0.1) is 0 Å². The molecule has 6 heteroatoms. The molecule has 126 valence electrons. The molecule has 2 aromatic rings. The monoisotopic (exact) mass is 345 g/mol. The van der Waals surface area contributed by atoms with Crippen LogP contribution in [-0.2, 0) is 0 Å². The third-order valence-corrected chi connectivity index (χ3v) is 4.39. The maximum Gasteiger partial charge on any atom is 0.189 e. The maximum absolute atomic E-state index is 6.02. The third-order valence-electron chi connectivity index (χ3n) is 4.14. The fourth-order valence-corrected chi connectivity index (χ4v) is 3.13. The van der Waals surface area contributed by atoms with E-state index in [0.29, 0.717) is 22.5 Å². The highest BCUT2D eigenvalue weighted by molar-refractivity contribution is 6.30. The molecule has 0 amide bonds. The second-order valence-electron chi connectivity index (χ2n) is 5.60. The van der Waals surface area contributed by atoms with Crippen LogP contribution in [-0.4, -0.2) is 20.2 Å².